The fourth-order valence-electron chi connectivity index (χ4n) is 4.02. The molecule has 0 aromatic heterocycles. The number of likely N-dealkylation sites (N-methyl/N-ethyl adjacent to an activating group) is 1. The van der Waals surface area contributed by atoms with Crippen molar-refractivity contribution in [3.8, 4) is 0 Å². The summed E-state index contributed by atoms with van der Waals surface area (Å²) in [5, 5.41) is 10.3. The van der Waals surface area contributed by atoms with Crippen LogP contribution in [-0.2, 0) is 0 Å². The minimum Gasteiger partial charge on any atom is -0.391 e. The summed E-state index contributed by atoms with van der Waals surface area (Å²) in [7, 11) is 0. The minimum atomic E-state index is -0.108. The van der Waals surface area contributed by atoms with E-state index in [1.807, 2.05) is 0 Å². The summed E-state index contributed by atoms with van der Waals surface area (Å²) < 4.78 is 0. The van der Waals surface area contributed by atoms with E-state index in [4.69, 9.17) is 0 Å². The number of rotatable bonds is 4. The smallest absolute Gasteiger partial charge is 0.0695 e. The Bertz CT molecular complexity index is 288. The Morgan fingerprint density at radius 2 is 1.89 bits per heavy atom. The molecule has 0 radical (unpaired) electrons. The molecule has 112 valence electrons. The zero-order valence-electron chi connectivity index (χ0n) is 13.2. The second-order valence-corrected chi connectivity index (χ2v) is 7.20. The van der Waals surface area contributed by atoms with Crippen LogP contribution in [0, 0.1) is 5.41 Å². The van der Waals surface area contributed by atoms with E-state index in [2.05, 4.69) is 37.5 Å². The average Bonchev–Trinajstić information content (AvgIpc) is 2.83. The predicted molar refractivity (Wildman–Crippen MR) is 80.3 cm³/mol. The summed E-state index contributed by atoms with van der Waals surface area (Å²) in [5.41, 5.74) is 0.400. The summed E-state index contributed by atoms with van der Waals surface area (Å²) in [4.78, 5) is 5.13. The molecule has 1 heterocycles. The van der Waals surface area contributed by atoms with Crippen LogP contribution in [0.15, 0.2) is 0 Å². The Labute approximate surface area is 119 Å². The molecule has 3 nitrogen and oxygen atoms in total. The average molecular weight is 268 g/mol. The van der Waals surface area contributed by atoms with Gasteiger partial charge in [0.05, 0.1) is 6.10 Å². The number of aliphatic hydroxyl groups excluding tert-OH is 1. The number of hydrogen-bond donors (Lipinski definition) is 1. The highest BCUT2D eigenvalue weighted by atomic mass is 16.3. The Hall–Kier alpha value is -0.120. The molecule has 1 saturated heterocycles. The van der Waals surface area contributed by atoms with Crippen LogP contribution < -0.4 is 0 Å². The van der Waals surface area contributed by atoms with Gasteiger partial charge in [-0.05, 0) is 44.2 Å². The van der Waals surface area contributed by atoms with E-state index in [0.717, 1.165) is 38.9 Å². The first-order valence-electron chi connectivity index (χ1n) is 8.13. The lowest BCUT2D eigenvalue weighted by atomic mass is 9.73. The molecule has 3 atom stereocenters. The molecule has 2 fully saturated rings. The van der Waals surface area contributed by atoms with E-state index in [0.29, 0.717) is 17.5 Å². The maximum absolute atomic E-state index is 10.3. The van der Waals surface area contributed by atoms with Gasteiger partial charge >= 0.3 is 0 Å². The monoisotopic (exact) mass is 268 g/mol. The molecule has 2 rings (SSSR count). The maximum atomic E-state index is 10.3. The standard InChI is InChI=1S/C16H32N2O/c1-5-17(6-2)13-8-10-18(12-13)14-11-16(3,4)9-7-15(14)19/h13-15,19H,5-12H2,1-4H3. The van der Waals surface area contributed by atoms with E-state index in [1.54, 1.807) is 0 Å². The summed E-state index contributed by atoms with van der Waals surface area (Å²) in [5.74, 6) is 0. The van der Waals surface area contributed by atoms with Crippen molar-refractivity contribution in [2.24, 2.45) is 5.41 Å². The van der Waals surface area contributed by atoms with Gasteiger partial charge in [0.1, 0.15) is 0 Å². The Morgan fingerprint density at radius 3 is 2.53 bits per heavy atom. The second kappa shape index (κ2) is 6.11. The molecular formula is C16H32N2O. The lowest BCUT2D eigenvalue weighted by Gasteiger charge is -2.43. The second-order valence-electron chi connectivity index (χ2n) is 7.20. The normalized spacial score (nSPS) is 36.0. The topological polar surface area (TPSA) is 26.7 Å². The molecule has 19 heavy (non-hydrogen) atoms. The van der Waals surface area contributed by atoms with E-state index in [-0.39, 0.29) is 6.10 Å². The Morgan fingerprint density at radius 1 is 1.21 bits per heavy atom. The lowest BCUT2D eigenvalue weighted by molar-refractivity contribution is -0.0106. The molecule has 0 aromatic carbocycles. The van der Waals surface area contributed by atoms with Gasteiger partial charge in [-0.2, -0.15) is 0 Å². The summed E-state index contributed by atoms with van der Waals surface area (Å²) in [6, 6.07) is 1.09. The van der Waals surface area contributed by atoms with Crippen LogP contribution in [0.4, 0.5) is 0 Å². The van der Waals surface area contributed by atoms with Crippen molar-refractivity contribution in [1.82, 2.24) is 9.80 Å². The van der Waals surface area contributed by atoms with Gasteiger partial charge < -0.3 is 5.11 Å². The van der Waals surface area contributed by atoms with Crippen molar-refractivity contribution >= 4 is 0 Å². The molecule has 1 aliphatic carbocycles. The largest absolute Gasteiger partial charge is 0.391 e. The van der Waals surface area contributed by atoms with E-state index in [9.17, 15) is 5.11 Å². The van der Waals surface area contributed by atoms with Crippen LogP contribution in [0.25, 0.3) is 0 Å². The van der Waals surface area contributed by atoms with Crippen LogP contribution in [0.3, 0.4) is 0 Å². The number of aliphatic hydroxyl groups is 1. The molecule has 0 aromatic rings. The molecule has 1 N–H and O–H groups in total. The maximum Gasteiger partial charge on any atom is 0.0695 e. The highest BCUT2D eigenvalue weighted by Gasteiger charge is 2.40. The number of likely N-dealkylation sites (tertiary alicyclic amines) is 1. The van der Waals surface area contributed by atoms with Gasteiger partial charge in [0.2, 0.25) is 0 Å². The molecule has 3 unspecified atom stereocenters. The van der Waals surface area contributed by atoms with Gasteiger partial charge in [0.15, 0.2) is 0 Å². The van der Waals surface area contributed by atoms with Crippen LogP contribution in [0.5, 0.6) is 0 Å². The van der Waals surface area contributed by atoms with E-state index in [1.165, 1.54) is 13.0 Å². The van der Waals surface area contributed by atoms with Crippen LogP contribution >= 0.6 is 0 Å². The van der Waals surface area contributed by atoms with Crippen molar-refractivity contribution in [3.63, 3.8) is 0 Å². The van der Waals surface area contributed by atoms with Crippen molar-refractivity contribution in [2.75, 3.05) is 26.2 Å². The van der Waals surface area contributed by atoms with Gasteiger partial charge in [-0.3, -0.25) is 9.80 Å². The summed E-state index contributed by atoms with van der Waals surface area (Å²) >= 11 is 0. The quantitative estimate of drug-likeness (QED) is 0.848. The molecule has 1 saturated carbocycles. The van der Waals surface area contributed by atoms with Gasteiger partial charge in [-0.15, -0.1) is 0 Å². The van der Waals surface area contributed by atoms with Gasteiger partial charge in [-0.25, -0.2) is 0 Å². The van der Waals surface area contributed by atoms with Gasteiger partial charge in [0, 0.05) is 25.2 Å². The highest BCUT2D eigenvalue weighted by molar-refractivity contribution is 4.95. The van der Waals surface area contributed by atoms with Crippen LogP contribution in [-0.4, -0.2) is 59.3 Å². The van der Waals surface area contributed by atoms with Crippen LogP contribution in [0.1, 0.15) is 53.4 Å². The Kier molecular flexibility index (Phi) is 4.91. The molecule has 0 spiro atoms. The SMILES string of the molecule is CCN(CC)C1CCN(C2CC(C)(C)CCC2O)C1. The van der Waals surface area contributed by atoms with Gasteiger partial charge in [-0.1, -0.05) is 27.7 Å². The van der Waals surface area contributed by atoms with Crippen molar-refractivity contribution in [1.29, 1.82) is 0 Å². The molecule has 3 heteroatoms. The van der Waals surface area contributed by atoms with E-state index >= 15 is 0 Å². The minimum absolute atomic E-state index is 0.108. The first kappa shape index (κ1) is 15.3. The lowest BCUT2D eigenvalue weighted by Crippen LogP contribution is -2.49. The van der Waals surface area contributed by atoms with Crippen molar-refractivity contribution in [2.45, 2.75) is 71.6 Å². The molecule has 0 bridgehead atoms. The molecule has 1 aliphatic heterocycles. The van der Waals surface area contributed by atoms with Crippen molar-refractivity contribution in [3.05, 3.63) is 0 Å². The third-order valence-electron chi connectivity index (χ3n) is 5.32. The molecular weight excluding hydrogens is 236 g/mol. The molecule has 0 amide bonds. The number of nitrogens with zero attached hydrogens (tertiary/aromatic N) is 2. The van der Waals surface area contributed by atoms with E-state index < -0.39 is 0 Å². The summed E-state index contributed by atoms with van der Waals surface area (Å²) in [6.45, 7) is 13.8. The fraction of sp³-hybridized carbons (Fsp3) is 1.00. The zero-order valence-corrected chi connectivity index (χ0v) is 13.2. The number of hydrogen-bond acceptors (Lipinski definition) is 3. The first-order valence-corrected chi connectivity index (χ1v) is 8.13. The Balaban J connectivity index is 1.95. The first-order chi connectivity index (χ1) is 8.96. The fourth-order valence-corrected chi connectivity index (χ4v) is 4.02. The van der Waals surface area contributed by atoms with Crippen LogP contribution in [0.2, 0.25) is 0 Å². The third-order valence-corrected chi connectivity index (χ3v) is 5.32. The molecule has 2 aliphatic rings. The van der Waals surface area contributed by atoms with Gasteiger partial charge in [0.25, 0.3) is 0 Å². The summed E-state index contributed by atoms with van der Waals surface area (Å²) in [6.07, 6.45) is 4.45. The highest BCUT2D eigenvalue weighted by Crippen LogP contribution is 2.38. The zero-order chi connectivity index (χ0) is 14.0. The third kappa shape index (κ3) is 3.50. The predicted octanol–water partition coefficient (Wildman–Crippen LogP) is 2.34. The van der Waals surface area contributed by atoms with Crippen molar-refractivity contribution < 1.29 is 5.11 Å².